The van der Waals surface area contributed by atoms with Crippen LogP contribution in [-0.2, 0) is 6.54 Å². The van der Waals surface area contributed by atoms with Crippen molar-refractivity contribution in [2.75, 3.05) is 13.6 Å². The highest BCUT2D eigenvalue weighted by Gasteiger charge is 1.99. The molecule has 0 fully saturated rings. The Morgan fingerprint density at radius 2 is 2.18 bits per heavy atom. The van der Waals surface area contributed by atoms with E-state index in [1.807, 2.05) is 0 Å². The quantitative estimate of drug-likeness (QED) is 0.323. The van der Waals surface area contributed by atoms with Crippen molar-refractivity contribution in [1.29, 1.82) is 0 Å². The minimum absolute atomic E-state index is 0. The molecular weight excluding hydrogens is 413 g/mol. The second kappa shape index (κ2) is 10.1. The van der Waals surface area contributed by atoms with Gasteiger partial charge in [0.15, 0.2) is 5.96 Å². The predicted octanol–water partition coefficient (Wildman–Crippen LogP) is 3.59. The molecule has 0 amide bonds. The summed E-state index contributed by atoms with van der Waals surface area (Å²) in [6.45, 7) is 3.98. The summed E-state index contributed by atoms with van der Waals surface area (Å²) in [6, 6.07) is 4.18. The molecule has 0 spiro atoms. The van der Waals surface area contributed by atoms with Crippen LogP contribution < -0.4 is 10.6 Å². The Labute approximate surface area is 133 Å². The van der Waals surface area contributed by atoms with E-state index in [1.54, 1.807) is 18.4 Å². The summed E-state index contributed by atoms with van der Waals surface area (Å²) in [6.07, 6.45) is 2.37. The average molecular weight is 432 g/mol. The minimum atomic E-state index is 0. The topological polar surface area (TPSA) is 36.4 Å². The van der Waals surface area contributed by atoms with Crippen LogP contribution in [0, 0.1) is 0 Å². The maximum Gasteiger partial charge on any atom is 0.191 e. The Hall–Kier alpha value is 0.180. The van der Waals surface area contributed by atoms with Gasteiger partial charge in [-0.25, -0.2) is 0 Å². The monoisotopic (exact) mass is 431 g/mol. The van der Waals surface area contributed by atoms with E-state index in [4.69, 9.17) is 0 Å². The molecule has 1 rings (SSSR count). The number of nitrogens with zero attached hydrogens (tertiary/aromatic N) is 1. The maximum atomic E-state index is 4.17. The van der Waals surface area contributed by atoms with Crippen molar-refractivity contribution in [1.82, 2.24) is 10.6 Å². The van der Waals surface area contributed by atoms with Gasteiger partial charge in [-0.15, -0.1) is 35.3 Å². The number of thiophene rings is 1. The Morgan fingerprint density at radius 1 is 1.41 bits per heavy atom. The summed E-state index contributed by atoms with van der Waals surface area (Å²) >= 11 is 5.19. The molecule has 0 saturated carbocycles. The molecule has 0 aromatic carbocycles. The molecule has 1 heterocycles. The molecule has 0 saturated heterocycles. The SMILES string of the molecule is CCCCNC(=NC)NCc1ccc(Br)s1.I. The van der Waals surface area contributed by atoms with Gasteiger partial charge in [0.1, 0.15) is 0 Å². The van der Waals surface area contributed by atoms with E-state index in [2.05, 4.69) is 50.6 Å². The first-order chi connectivity index (χ1) is 7.76. The maximum absolute atomic E-state index is 4.17. The van der Waals surface area contributed by atoms with Crippen LogP contribution in [0.25, 0.3) is 0 Å². The van der Waals surface area contributed by atoms with E-state index in [1.165, 1.54) is 21.5 Å². The fourth-order valence-corrected chi connectivity index (χ4v) is 2.64. The van der Waals surface area contributed by atoms with Crippen molar-refractivity contribution in [2.45, 2.75) is 26.3 Å². The summed E-state index contributed by atoms with van der Waals surface area (Å²) in [5.74, 6) is 0.873. The first kappa shape index (κ1) is 17.2. The minimum Gasteiger partial charge on any atom is -0.356 e. The van der Waals surface area contributed by atoms with Crippen LogP contribution in [0.5, 0.6) is 0 Å². The highest BCUT2D eigenvalue weighted by Crippen LogP contribution is 2.21. The van der Waals surface area contributed by atoms with Gasteiger partial charge in [-0.2, -0.15) is 0 Å². The standard InChI is InChI=1S/C11H18BrN3S.HI/c1-3-4-7-14-11(13-2)15-8-9-5-6-10(12)16-9;/h5-6H,3-4,7-8H2,1-2H3,(H2,13,14,15);1H. The fourth-order valence-electron chi connectivity index (χ4n) is 1.22. The Bertz CT molecular complexity index is 341. The summed E-state index contributed by atoms with van der Waals surface area (Å²) in [7, 11) is 1.80. The largest absolute Gasteiger partial charge is 0.356 e. The van der Waals surface area contributed by atoms with Crippen LogP contribution in [0.4, 0.5) is 0 Å². The van der Waals surface area contributed by atoms with Gasteiger partial charge in [0.25, 0.3) is 0 Å². The van der Waals surface area contributed by atoms with Crippen molar-refractivity contribution in [3.05, 3.63) is 20.8 Å². The Kier molecular flexibility index (Phi) is 10.2. The lowest BCUT2D eigenvalue weighted by molar-refractivity contribution is 0.730. The van der Waals surface area contributed by atoms with Gasteiger partial charge in [0, 0.05) is 18.5 Å². The van der Waals surface area contributed by atoms with Crippen LogP contribution in [-0.4, -0.2) is 19.6 Å². The summed E-state index contributed by atoms with van der Waals surface area (Å²) in [4.78, 5) is 5.47. The van der Waals surface area contributed by atoms with E-state index >= 15 is 0 Å². The lowest BCUT2D eigenvalue weighted by Crippen LogP contribution is -2.37. The molecule has 0 aliphatic rings. The molecule has 1 aromatic heterocycles. The van der Waals surface area contributed by atoms with Gasteiger partial charge in [0.2, 0.25) is 0 Å². The lowest BCUT2D eigenvalue weighted by Gasteiger charge is -2.10. The molecule has 3 nitrogen and oxygen atoms in total. The molecule has 17 heavy (non-hydrogen) atoms. The van der Waals surface area contributed by atoms with Gasteiger partial charge < -0.3 is 10.6 Å². The highest BCUT2D eigenvalue weighted by molar-refractivity contribution is 14.0. The Morgan fingerprint density at radius 3 is 2.71 bits per heavy atom. The smallest absolute Gasteiger partial charge is 0.191 e. The number of hydrogen-bond acceptors (Lipinski definition) is 2. The summed E-state index contributed by atoms with van der Waals surface area (Å²) in [5, 5.41) is 6.57. The molecular formula is C11H19BrIN3S. The number of aliphatic imine (C=N–C) groups is 1. The van der Waals surface area contributed by atoms with Crippen LogP contribution in [0.3, 0.4) is 0 Å². The fraction of sp³-hybridized carbons (Fsp3) is 0.545. The van der Waals surface area contributed by atoms with Gasteiger partial charge >= 0.3 is 0 Å². The number of guanidine groups is 1. The second-order valence-electron chi connectivity index (χ2n) is 3.41. The van der Waals surface area contributed by atoms with E-state index in [9.17, 15) is 0 Å². The highest BCUT2D eigenvalue weighted by atomic mass is 127. The molecule has 6 heteroatoms. The van der Waals surface area contributed by atoms with Crippen LogP contribution >= 0.6 is 51.2 Å². The van der Waals surface area contributed by atoms with Crippen molar-refractivity contribution in [3.63, 3.8) is 0 Å². The summed E-state index contributed by atoms with van der Waals surface area (Å²) < 4.78 is 1.17. The first-order valence-electron chi connectivity index (χ1n) is 5.45. The van der Waals surface area contributed by atoms with Crippen molar-refractivity contribution >= 4 is 57.2 Å². The first-order valence-corrected chi connectivity index (χ1v) is 7.06. The summed E-state index contributed by atoms with van der Waals surface area (Å²) in [5.41, 5.74) is 0. The van der Waals surface area contributed by atoms with Crippen molar-refractivity contribution < 1.29 is 0 Å². The normalized spacial score (nSPS) is 10.9. The number of hydrogen-bond donors (Lipinski definition) is 2. The predicted molar refractivity (Wildman–Crippen MR) is 90.5 cm³/mol. The Balaban J connectivity index is 0.00000256. The van der Waals surface area contributed by atoms with Gasteiger partial charge in [-0.05, 0) is 34.5 Å². The third-order valence-electron chi connectivity index (χ3n) is 2.11. The molecule has 0 atom stereocenters. The van der Waals surface area contributed by atoms with Crippen LogP contribution in [0.1, 0.15) is 24.6 Å². The molecule has 0 bridgehead atoms. The van der Waals surface area contributed by atoms with E-state index in [-0.39, 0.29) is 24.0 Å². The van der Waals surface area contributed by atoms with Gasteiger partial charge in [0.05, 0.1) is 10.3 Å². The van der Waals surface area contributed by atoms with Crippen molar-refractivity contribution in [3.8, 4) is 0 Å². The molecule has 98 valence electrons. The average Bonchev–Trinajstić information content (AvgIpc) is 2.69. The molecule has 0 aliphatic heterocycles. The van der Waals surface area contributed by atoms with E-state index in [0.717, 1.165) is 19.0 Å². The van der Waals surface area contributed by atoms with Crippen LogP contribution in [0.15, 0.2) is 20.9 Å². The zero-order valence-corrected chi connectivity index (χ0v) is 14.9. The zero-order chi connectivity index (χ0) is 11.8. The molecule has 1 aromatic rings. The van der Waals surface area contributed by atoms with Gasteiger partial charge in [-0.3, -0.25) is 4.99 Å². The molecule has 0 aliphatic carbocycles. The number of unbranched alkanes of at least 4 members (excludes halogenated alkanes) is 1. The van der Waals surface area contributed by atoms with Crippen LogP contribution in [0.2, 0.25) is 0 Å². The van der Waals surface area contributed by atoms with Gasteiger partial charge in [-0.1, -0.05) is 13.3 Å². The third kappa shape index (κ3) is 7.25. The van der Waals surface area contributed by atoms with E-state index in [0.29, 0.717) is 0 Å². The number of rotatable bonds is 5. The van der Waals surface area contributed by atoms with E-state index < -0.39 is 0 Å². The van der Waals surface area contributed by atoms with Crippen molar-refractivity contribution in [2.24, 2.45) is 4.99 Å². The zero-order valence-electron chi connectivity index (χ0n) is 10.1. The molecule has 0 unspecified atom stereocenters. The number of halogens is 2. The second-order valence-corrected chi connectivity index (χ2v) is 5.96. The molecule has 0 radical (unpaired) electrons. The number of nitrogens with one attached hydrogen (secondary N) is 2. The lowest BCUT2D eigenvalue weighted by atomic mass is 10.3. The molecule has 2 N–H and O–H groups in total. The third-order valence-corrected chi connectivity index (χ3v) is 3.73.